The number of aliphatic hydroxyl groups is 1. The maximum Gasteiger partial charge on any atom is 0.408 e. The molecule has 14 atom stereocenters. The molecule has 0 aromatic carbocycles. The van der Waals surface area contributed by atoms with E-state index in [0.717, 1.165) is 0 Å². The fourth-order valence-corrected chi connectivity index (χ4v) is 9.35. The normalized spacial score (nSPS) is 34.2. The van der Waals surface area contributed by atoms with Crippen LogP contribution in [-0.2, 0) is 49.2 Å². The minimum absolute atomic E-state index is 0.0293. The van der Waals surface area contributed by atoms with Crippen LogP contribution in [-0.4, -0.2) is 131 Å². The molecule has 2 amide bonds. The quantitative estimate of drug-likeness (QED) is 0.149. The molecule has 0 radical (unpaired) electrons. The number of allylic oxidation sites excluding steroid dienone is 1. The van der Waals surface area contributed by atoms with E-state index in [2.05, 4.69) is 27.2 Å². The minimum Gasteiger partial charge on any atom is -0.461 e. The Morgan fingerprint density at radius 1 is 1.11 bits per heavy atom. The molecule has 5 heterocycles. The van der Waals surface area contributed by atoms with Crippen molar-refractivity contribution in [2.75, 3.05) is 20.6 Å². The van der Waals surface area contributed by atoms with Gasteiger partial charge >= 0.3 is 24.1 Å². The van der Waals surface area contributed by atoms with Crippen LogP contribution in [0.1, 0.15) is 84.7 Å². The van der Waals surface area contributed by atoms with Crippen molar-refractivity contribution in [2.45, 2.75) is 134 Å². The van der Waals surface area contributed by atoms with Crippen molar-refractivity contribution in [3.05, 3.63) is 78.4 Å². The Hall–Kier alpha value is -5.74. The molecule has 0 unspecified atom stereocenters. The summed E-state index contributed by atoms with van der Waals surface area (Å²) in [6.07, 6.45) is -0.663. The molecule has 0 spiro atoms. The lowest BCUT2D eigenvalue weighted by atomic mass is 9.73. The number of likely N-dealkylation sites (N-methyl/N-ethyl adjacent to an activating group) is 1. The lowest BCUT2D eigenvalue weighted by Gasteiger charge is -2.48. The summed E-state index contributed by atoms with van der Waals surface area (Å²) in [6, 6.07) is 8.87. The second-order valence-electron chi connectivity index (χ2n) is 18.1. The van der Waals surface area contributed by atoms with Gasteiger partial charge in [-0.05, 0) is 78.4 Å². The Balaban J connectivity index is 1.65. The minimum atomic E-state index is -1.86. The molecule has 66 heavy (non-hydrogen) atoms. The highest BCUT2D eigenvalue weighted by Crippen LogP contribution is 2.42. The van der Waals surface area contributed by atoms with E-state index in [1.165, 1.54) is 25.4 Å². The number of aliphatic hydroxyl groups excluding tert-OH is 1. The fraction of sp³-hybridized carbons (Fsp3) is 0.583. The predicted molar refractivity (Wildman–Crippen MR) is 239 cm³/mol. The smallest absolute Gasteiger partial charge is 0.408 e. The summed E-state index contributed by atoms with van der Waals surface area (Å²) < 4.78 is 37.8. The zero-order chi connectivity index (χ0) is 48.5. The van der Waals surface area contributed by atoms with Gasteiger partial charge in [0.2, 0.25) is 0 Å². The number of nitriles is 1. The topological polar surface area (TPSA) is 238 Å². The summed E-state index contributed by atoms with van der Waals surface area (Å²) in [7, 11) is 3.63. The zero-order valence-corrected chi connectivity index (χ0v) is 39.2. The SMILES string of the molecule is C=C[C@@H]1C[C@@](C)(OC(=O)NC/C=C/c2ccc(C#N)nc2)[C@H](O[C@@H]2O[C@H](C)C[C@H](N(C)C)[C@H]2O)[C@@H](C)[C@H](OC(=O)Cc2ccccn2)[C@@H](C)C(=O)O[C@H](CC)[C@@]2(C)OC(=O)N[C@@H]2[C@@H](C)C1=O. The number of carbonyl (C=O) groups is 5. The second-order valence-corrected chi connectivity index (χ2v) is 18.1. The number of fused-ring (bicyclic) bond motifs is 1. The van der Waals surface area contributed by atoms with Gasteiger partial charge in [0.1, 0.15) is 47.6 Å². The van der Waals surface area contributed by atoms with Crippen molar-refractivity contribution < 1.29 is 57.5 Å². The van der Waals surface area contributed by atoms with Crippen molar-refractivity contribution >= 4 is 36.0 Å². The highest BCUT2D eigenvalue weighted by molar-refractivity contribution is 5.87. The number of pyridine rings is 2. The Bertz CT molecular complexity index is 2120. The second kappa shape index (κ2) is 22.2. The first-order valence-electron chi connectivity index (χ1n) is 22.4. The van der Waals surface area contributed by atoms with E-state index in [-0.39, 0.29) is 31.5 Å². The summed E-state index contributed by atoms with van der Waals surface area (Å²) in [6.45, 7) is 15.5. The third-order valence-corrected chi connectivity index (χ3v) is 12.9. The monoisotopic (exact) mass is 916 g/mol. The number of hydrogen-bond donors (Lipinski definition) is 3. The Morgan fingerprint density at radius 2 is 1.85 bits per heavy atom. The molecule has 2 aromatic heterocycles. The van der Waals surface area contributed by atoms with E-state index in [1.54, 1.807) is 77.1 Å². The number of hydrogen-bond acceptors (Lipinski definition) is 16. The molecule has 3 saturated heterocycles. The largest absolute Gasteiger partial charge is 0.461 e. The molecular weight excluding hydrogens is 853 g/mol. The summed E-state index contributed by atoms with van der Waals surface area (Å²) in [5.74, 6) is -6.31. The number of ether oxygens (including phenoxy) is 6. The van der Waals surface area contributed by atoms with E-state index in [1.807, 2.05) is 32.0 Å². The van der Waals surface area contributed by atoms with Gasteiger partial charge in [0.05, 0.1) is 30.2 Å². The highest BCUT2D eigenvalue weighted by atomic mass is 16.7. The van der Waals surface area contributed by atoms with Gasteiger partial charge < -0.3 is 49.1 Å². The van der Waals surface area contributed by atoms with Gasteiger partial charge in [0.25, 0.3) is 0 Å². The number of cyclic esters (lactones) is 1. The average molecular weight is 917 g/mol. The summed E-state index contributed by atoms with van der Waals surface area (Å²) in [5, 5.41) is 26.4. The maximum atomic E-state index is 14.8. The van der Waals surface area contributed by atoms with Crippen LogP contribution in [0.4, 0.5) is 9.59 Å². The molecule has 3 aliphatic heterocycles. The van der Waals surface area contributed by atoms with Crippen molar-refractivity contribution in [1.29, 1.82) is 5.26 Å². The Morgan fingerprint density at radius 3 is 2.47 bits per heavy atom. The molecule has 358 valence electrons. The molecule has 0 aliphatic carbocycles. The fourth-order valence-electron chi connectivity index (χ4n) is 9.35. The molecule has 0 saturated carbocycles. The molecule has 3 aliphatic rings. The number of nitrogens with one attached hydrogen (secondary N) is 2. The van der Waals surface area contributed by atoms with E-state index >= 15 is 0 Å². The van der Waals surface area contributed by atoms with Gasteiger partial charge in [0.15, 0.2) is 11.9 Å². The summed E-state index contributed by atoms with van der Waals surface area (Å²) in [4.78, 5) is 80.6. The van der Waals surface area contributed by atoms with Crippen LogP contribution in [0.3, 0.4) is 0 Å². The Labute approximate surface area is 386 Å². The number of carbonyl (C=O) groups excluding carboxylic acids is 5. The molecule has 3 N–H and O–H groups in total. The maximum absolute atomic E-state index is 14.8. The third-order valence-electron chi connectivity index (χ3n) is 12.9. The summed E-state index contributed by atoms with van der Waals surface area (Å²) >= 11 is 0. The van der Waals surface area contributed by atoms with Gasteiger partial charge in [0, 0.05) is 49.2 Å². The van der Waals surface area contributed by atoms with E-state index in [0.29, 0.717) is 17.7 Å². The molecule has 3 fully saturated rings. The highest BCUT2D eigenvalue weighted by Gasteiger charge is 2.58. The number of rotatable bonds is 12. The number of nitrogens with zero attached hydrogens (tertiary/aromatic N) is 4. The number of alkyl carbamates (subject to hydrolysis) is 2. The van der Waals surface area contributed by atoms with Gasteiger partial charge in [-0.3, -0.25) is 19.4 Å². The van der Waals surface area contributed by atoms with Crippen LogP contribution in [0, 0.1) is 35.0 Å². The number of Topliss-reactive ketones (excluding diaryl/α,β-unsaturated/α-hetero) is 1. The molecule has 2 aromatic rings. The van der Waals surface area contributed by atoms with Crippen LogP contribution in [0.5, 0.6) is 0 Å². The van der Waals surface area contributed by atoms with Crippen molar-refractivity contribution in [3.8, 4) is 6.07 Å². The number of esters is 2. The van der Waals surface area contributed by atoms with Crippen LogP contribution in [0.2, 0.25) is 0 Å². The van der Waals surface area contributed by atoms with Crippen LogP contribution in [0.15, 0.2) is 61.5 Å². The van der Waals surface area contributed by atoms with Crippen LogP contribution < -0.4 is 10.6 Å². The van der Waals surface area contributed by atoms with Gasteiger partial charge in [-0.25, -0.2) is 14.6 Å². The molecular formula is C48H64N6O12. The molecule has 0 bridgehead atoms. The first kappa shape index (κ1) is 51.2. The van der Waals surface area contributed by atoms with Crippen LogP contribution >= 0.6 is 0 Å². The molecule has 18 heteroatoms. The molecule has 18 nitrogen and oxygen atoms in total. The molecule has 5 rings (SSSR count). The number of amides is 2. The number of aromatic nitrogens is 2. The third kappa shape index (κ3) is 12.0. The van der Waals surface area contributed by atoms with E-state index in [4.69, 9.17) is 33.7 Å². The van der Waals surface area contributed by atoms with Crippen molar-refractivity contribution in [3.63, 3.8) is 0 Å². The first-order valence-corrected chi connectivity index (χ1v) is 22.4. The van der Waals surface area contributed by atoms with Crippen molar-refractivity contribution in [2.24, 2.45) is 23.7 Å². The van der Waals surface area contributed by atoms with Crippen LogP contribution in [0.25, 0.3) is 6.08 Å². The van der Waals surface area contributed by atoms with E-state index in [9.17, 15) is 29.1 Å². The predicted octanol–water partition coefficient (Wildman–Crippen LogP) is 4.68. The zero-order valence-electron chi connectivity index (χ0n) is 39.2. The lowest BCUT2D eigenvalue weighted by Crippen LogP contribution is -2.61. The summed E-state index contributed by atoms with van der Waals surface area (Å²) in [5.41, 5.74) is -2.07. The Kier molecular flexibility index (Phi) is 17.2. The number of ketones is 1. The first-order chi connectivity index (χ1) is 31.2. The van der Waals surface area contributed by atoms with Gasteiger partial charge in [-0.1, -0.05) is 51.1 Å². The van der Waals surface area contributed by atoms with Gasteiger partial charge in [-0.2, -0.15) is 5.26 Å². The van der Waals surface area contributed by atoms with Gasteiger partial charge in [-0.15, -0.1) is 6.58 Å². The van der Waals surface area contributed by atoms with Crippen molar-refractivity contribution in [1.82, 2.24) is 25.5 Å². The standard InChI is InChI=1S/C48H64N6O12/c1-11-32-24-47(7,65-45(59)51-21-15-16-31-18-19-34(25-49)52-26-31)42(64-44-39(57)35(54(9)10)22-27(3)61-44)29(5)40(63-37(55)23-33-17-13-14-20-50-33)30(6)43(58)62-36(12-2)48(8)41(28(4)38(32)56)53-46(60)66-48/h11,13-20,26-30,32,35-36,39-42,44,57H,1,12,21-24H2,2-10H3,(H,51,59)(H,53,60)/b16-15+/t27-,28+,29+,30-,32-,35+,36-,39-,40+,41-,42-,44+,47-,48-/m1/s1. The lowest BCUT2D eigenvalue weighted by molar-refractivity contribution is -0.298. The average Bonchev–Trinajstić information content (AvgIpc) is 3.60. The van der Waals surface area contributed by atoms with E-state index < -0.39 is 114 Å².